The maximum atomic E-state index is 10.9. The van der Waals surface area contributed by atoms with E-state index in [4.69, 9.17) is 16.3 Å². The van der Waals surface area contributed by atoms with E-state index >= 15 is 0 Å². The van der Waals surface area contributed by atoms with Crippen LogP contribution in [0.15, 0.2) is 42.5 Å². The number of ether oxygens (including phenoxy) is 1. The van der Waals surface area contributed by atoms with Crippen LogP contribution in [0.4, 0.5) is 11.4 Å². The summed E-state index contributed by atoms with van der Waals surface area (Å²) in [5, 5.41) is 14.6. The molecular formula is C15H15ClN2O3. The van der Waals surface area contributed by atoms with Gasteiger partial charge in [-0.3, -0.25) is 10.1 Å². The van der Waals surface area contributed by atoms with E-state index in [0.717, 1.165) is 5.56 Å². The summed E-state index contributed by atoms with van der Waals surface area (Å²) >= 11 is 5.82. The molecule has 0 radical (unpaired) electrons. The molecule has 0 unspecified atom stereocenters. The topological polar surface area (TPSA) is 64.4 Å². The fourth-order valence-electron chi connectivity index (χ4n) is 1.83. The monoisotopic (exact) mass is 306 g/mol. The number of anilines is 1. The summed E-state index contributed by atoms with van der Waals surface area (Å²) in [6.45, 7) is 2.93. The molecule has 110 valence electrons. The standard InChI is InChI=1S/C15H15ClN2O3/c1-2-17-13-7-14(18(19)20)9-15(8-13)21-10-11-3-5-12(16)6-4-11/h3-9,17H,2,10H2,1H3. The van der Waals surface area contributed by atoms with Gasteiger partial charge in [0.05, 0.1) is 11.0 Å². The van der Waals surface area contributed by atoms with Gasteiger partial charge in [-0.25, -0.2) is 0 Å². The molecule has 6 heteroatoms. The van der Waals surface area contributed by atoms with Gasteiger partial charge in [-0.2, -0.15) is 0 Å². The van der Waals surface area contributed by atoms with Gasteiger partial charge in [-0.1, -0.05) is 23.7 Å². The van der Waals surface area contributed by atoms with Crippen molar-refractivity contribution in [2.45, 2.75) is 13.5 Å². The smallest absolute Gasteiger partial charge is 0.275 e. The van der Waals surface area contributed by atoms with E-state index in [1.165, 1.54) is 12.1 Å². The van der Waals surface area contributed by atoms with Crippen molar-refractivity contribution < 1.29 is 9.66 Å². The first-order valence-corrected chi connectivity index (χ1v) is 6.87. The van der Waals surface area contributed by atoms with Gasteiger partial charge in [0.2, 0.25) is 0 Å². The Hall–Kier alpha value is -2.27. The van der Waals surface area contributed by atoms with Crippen molar-refractivity contribution in [2.24, 2.45) is 0 Å². The summed E-state index contributed by atoms with van der Waals surface area (Å²) in [4.78, 5) is 10.5. The van der Waals surface area contributed by atoms with Crippen LogP contribution in [0.25, 0.3) is 0 Å². The van der Waals surface area contributed by atoms with Crippen LogP contribution in [0, 0.1) is 10.1 Å². The lowest BCUT2D eigenvalue weighted by molar-refractivity contribution is -0.384. The van der Waals surface area contributed by atoms with E-state index in [-0.39, 0.29) is 5.69 Å². The van der Waals surface area contributed by atoms with Gasteiger partial charge in [-0.05, 0) is 24.6 Å². The van der Waals surface area contributed by atoms with Crippen LogP contribution in [0.5, 0.6) is 5.75 Å². The molecule has 2 aromatic rings. The van der Waals surface area contributed by atoms with E-state index in [1.807, 2.05) is 19.1 Å². The predicted molar refractivity (Wildman–Crippen MR) is 83.0 cm³/mol. The number of hydrogen-bond donors (Lipinski definition) is 1. The average molecular weight is 307 g/mol. The molecule has 0 saturated carbocycles. The van der Waals surface area contributed by atoms with Crippen molar-refractivity contribution in [1.29, 1.82) is 0 Å². The Morgan fingerprint density at radius 2 is 1.95 bits per heavy atom. The molecular weight excluding hydrogens is 292 g/mol. The highest BCUT2D eigenvalue weighted by atomic mass is 35.5. The number of rotatable bonds is 6. The first kappa shape index (κ1) is 15.1. The number of hydrogen-bond acceptors (Lipinski definition) is 4. The van der Waals surface area contributed by atoms with Gasteiger partial charge in [0, 0.05) is 29.4 Å². The maximum Gasteiger partial charge on any atom is 0.275 e. The zero-order chi connectivity index (χ0) is 15.2. The van der Waals surface area contributed by atoms with Gasteiger partial charge in [0.15, 0.2) is 0 Å². The molecule has 0 aliphatic heterocycles. The average Bonchev–Trinajstić information content (AvgIpc) is 2.47. The van der Waals surface area contributed by atoms with Crippen LogP contribution in [0.3, 0.4) is 0 Å². The second-order valence-corrected chi connectivity index (χ2v) is 4.85. The van der Waals surface area contributed by atoms with Gasteiger partial charge in [0.25, 0.3) is 5.69 Å². The van der Waals surface area contributed by atoms with E-state index < -0.39 is 4.92 Å². The van der Waals surface area contributed by atoms with Crippen LogP contribution in [0.1, 0.15) is 12.5 Å². The van der Waals surface area contributed by atoms with Crippen LogP contribution in [0.2, 0.25) is 5.02 Å². The Kier molecular flexibility index (Phi) is 5.00. The van der Waals surface area contributed by atoms with Crippen LogP contribution in [-0.4, -0.2) is 11.5 Å². The molecule has 21 heavy (non-hydrogen) atoms. The molecule has 0 aromatic heterocycles. The number of benzene rings is 2. The predicted octanol–water partition coefficient (Wildman–Crippen LogP) is 4.26. The molecule has 5 nitrogen and oxygen atoms in total. The van der Waals surface area contributed by atoms with Crippen LogP contribution < -0.4 is 10.1 Å². The molecule has 2 rings (SSSR count). The number of nitrogens with one attached hydrogen (secondary N) is 1. The van der Waals surface area contributed by atoms with Crippen molar-refractivity contribution in [3.8, 4) is 5.75 Å². The lowest BCUT2D eigenvalue weighted by atomic mass is 10.2. The summed E-state index contributed by atoms with van der Waals surface area (Å²) in [5.41, 5.74) is 1.60. The fraction of sp³-hybridized carbons (Fsp3) is 0.200. The minimum absolute atomic E-state index is 0.000411. The second-order valence-electron chi connectivity index (χ2n) is 4.42. The van der Waals surface area contributed by atoms with E-state index in [9.17, 15) is 10.1 Å². The molecule has 0 amide bonds. The molecule has 0 bridgehead atoms. The summed E-state index contributed by atoms with van der Waals surface area (Å²) in [6.07, 6.45) is 0. The van der Waals surface area contributed by atoms with Gasteiger partial charge < -0.3 is 10.1 Å². The van der Waals surface area contributed by atoms with Gasteiger partial charge in [0.1, 0.15) is 12.4 Å². The minimum Gasteiger partial charge on any atom is -0.489 e. The zero-order valence-corrected chi connectivity index (χ0v) is 12.3. The Balaban J connectivity index is 2.14. The third kappa shape index (κ3) is 4.36. The van der Waals surface area contributed by atoms with Crippen molar-refractivity contribution in [3.63, 3.8) is 0 Å². The third-order valence-corrected chi connectivity index (χ3v) is 3.05. The first-order valence-electron chi connectivity index (χ1n) is 6.49. The Bertz CT molecular complexity index is 629. The number of non-ortho nitro benzene ring substituents is 1. The molecule has 2 aromatic carbocycles. The summed E-state index contributed by atoms with van der Waals surface area (Å²) in [7, 11) is 0. The highest BCUT2D eigenvalue weighted by Crippen LogP contribution is 2.26. The van der Waals surface area contributed by atoms with E-state index in [0.29, 0.717) is 29.6 Å². The van der Waals surface area contributed by atoms with E-state index in [2.05, 4.69) is 5.32 Å². The highest BCUT2D eigenvalue weighted by Gasteiger charge is 2.10. The van der Waals surface area contributed by atoms with Crippen molar-refractivity contribution in [3.05, 3.63) is 63.2 Å². The van der Waals surface area contributed by atoms with E-state index in [1.54, 1.807) is 18.2 Å². The van der Waals surface area contributed by atoms with Crippen LogP contribution >= 0.6 is 11.6 Å². The lowest BCUT2D eigenvalue weighted by Gasteiger charge is -2.09. The van der Waals surface area contributed by atoms with Crippen molar-refractivity contribution in [1.82, 2.24) is 0 Å². The SMILES string of the molecule is CCNc1cc(OCc2ccc(Cl)cc2)cc([N+](=O)[O-])c1. The van der Waals surface area contributed by atoms with Crippen molar-refractivity contribution >= 4 is 23.0 Å². The van der Waals surface area contributed by atoms with Crippen molar-refractivity contribution in [2.75, 3.05) is 11.9 Å². The highest BCUT2D eigenvalue weighted by molar-refractivity contribution is 6.30. The Labute approximate surface area is 127 Å². The summed E-state index contributed by atoms with van der Waals surface area (Å²) in [5.74, 6) is 0.454. The second kappa shape index (κ2) is 6.95. The number of halogens is 1. The zero-order valence-electron chi connectivity index (χ0n) is 11.5. The molecule has 0 aliphatic rings. The normalized spacial score (nSPS) is 10.2. The molecule has 1 N–H and O–H groups in total. The quantitative estimate of drug-likeness (QED) is 0.640. The molecule has 0 fully saturated rings. The Morgan fingerprint density at radius 1 is 1.24 bits per heavy atom. The molecule has 0 saturated heterocycles. The van der Waals surface area contributed by atoms with Gasteiger partial charge >= 0.3 is 0 Å². The fourth-order valence-corrected chi connectivity index (χ4v) is 1.95. The number of nitro groups is 1. The summed E-state index contributed by atoms with van der Waals surface area (Å²) in [6, 6.07) is 11.9. The van der Waals surface area contributed by atoms with Gasteiger partial charge in [-0.15, -0.1) is 0 Å². The number of nitrogens with zero attached hydrogens (tertiary/aromatic N) is 1. The molecule has 0 spiro atoms. The largest absolute Gasteiger partial charge is 0.489 e. The maximum absolute atomic E-state index is 10.9. The first-order chi connectivity index (χ1) is 10.1. The lowest BCUT2D eigenvalue weighted by Crippen LogP contribution is -2.00. The molecule has 0 atom stereocenters. The third-order valence-electron chi connectivity index (χ3n) is 2.80. The number of nitro benzene ring substituents is 1. The summed E-state index contributed by atoms with van der Waals surface area (Å²) < 4.78 is 5.62. The Morgan fingerprint density at radius 3 is 2.57 bits per heavy atom. The molecule has 0 heterocycles. The molecule has 0 aliphatic carbocycles. The van der Waals surface area contributed by atoms with Crippen LogP contribution in [-0.2, 0) is 6.61 Å². The minimum atomic E-state index is -0.435.